The molecule has 0 aromatic rings. The lowest BCUT2D eigenvalue weighted by Gasteiger charge is -2.32. The highest BCUT2D eigenvalue weighted by Gasteiger charge is 2.36. The first-order chi connectivity index (χ1) is 9.11. The average Bonchev–Trinajstić information content (AvgIpc) is 2.66. The molecule has 7 heteroatoms. The first-order valence-electron chi connectivity index (χ1n) is 6.62. The summed E-state index contributed by atoms with van der Waals surface area (Å²) in [6.07, 6.45) is 0.424. The molecule has 1 aliphatic rings. The summed E-state index contributed by atoms with van der Waals surface area (Å²) in [5.74, 6) is -0.897. The minimum atomic E-state index is -1.08. The van der Waals surface area contributed by atoms with Crippen molar-refractivity contribution < 1.29 is 19.5 Å². The molecule has 1 unspecified atom stereocenters. The molecule has 0 saturated carbocycles. The maximum atomic E-state index is 11.9. The normalized spacial score (nSPS) is 19.1. The Morgan fingerprint density at radius 2 is 2.05 bits per heavy atom. The molecule has 1 rings (SSSR count). The summed E-state index contributed by atoms with van der Waals surface area (Å²) in [4.78, 5) is 37.2. The van der Waals surface area contributed by atoms with Gasteiger partial charge < -0.3 is 20.2 Å². The topological polar surface area (TPSA) is 90.0 Å². The van der Waals surface area contributed by atoms with Crippen molar-refractivity contribution in [3.63, 3.8) is 0 Å². The summed E-state index contributed by atoms with van der Waals surface area (Å²) in [6.45, 7) is 6.60. The van der Waals surface area contributed by atoms with Gasteiger partial charge in [0, 0.05) is 38.0 Å². The Morgan fingerprint density at radius 3 is 2.50 bits per heavy atom. The molecule has 2 N–H and O–H groups in total. The summed E-state index contributed by atoms with van der Waals surface area (Å²) in [7, 11) is 1.60. The Labute approximate surface area is 118 Å². The second-order valence-corrected chi connectivity index (χ2v) is 6.18. The van der Waals surface area contributed by atoms with Gasteiger partial charge in [0.2, 0.25) is 5.91 Å². The fraction of sp³-hybridized carbons (Fsp3) is 0.769. The standard InChI is InChI=1S/C13H23N3O4/c1-13(2,3)16-8-9(5-10(16)17)7-15(4)12(20)14-6-11(18)19/h9H,5-8H2,1-4H3,(H,14,20)(H,18,19). The van der Waals surface area contributed by atoms with E-state index in [0.717, 1.165) is 0 Å². The lowest BCUT2D eigenvalue weighted by atomic mass is 10.1. The molecule has 1 saturated heterocycles. The number of aliphatic carboxylic acids is 1. The van der Waals surface area contributed by atoms with Crippen LogP contribution in [-0.2, 0) is 9.59 Å². The number of carboxylic acid groups (broad SMARTS) is 1. The van der Waals surface area contributed by atoms with Gasteiger partial charge in [0.05, 0.1) is 0 Å². The van der Waals surface area contributed by atoms with Gasteiger partial charge in [-0.2, -0.15) is 0 Å². The Balaban J connectivity index is 2.48. The number of likely N-dealkylation sites (tertiary alicyclic amines) is 1. The first-order valence-corrected chi connectivity index (χ1v) is 6.62. The number of carboxylic acids is 1. The van der Waals surface area contributed by atoms with E-state index in [2.05, 4.69) is 5.32 Å². The largest absolute Gasteiger partial charge is 0.480 e. The number of urea groups is 1. The van der Waals surface area contributed by atoms with Gasteiger partial charge >= 0.3 is 12.0 Å². The molecule has 3 amide bonds. The molecule has 0 bridgehead atoms. The number of rotatable bonds is 4. The Kier molecular flexibility index (Phi) is 4.97. The van der Waals surface area contributed by atoms with Crippen LogP contribution in [0.4, 0.5) is 4.79 Å². The molecule has 1 heterocycles. The minimum absolute atomic E-state index is 0.0855. The van der Waals surface area contributed by atoms with Gasteiger partial charge in [0.25, 0.3) is 0 Å². The van der Waals surface area contributed by atoms with Gasteiger partial charge in [0.1, 0.15) is 6.54 Å². The van der Waals surface area contributed by atoms with Crippen LogP contribution in [0.5, 0.6) is 0 Å². The van der Waals surface area contributed by atoms with Crippen molar-refractivity contribution in [1.82, 2.24) is 15.1 Å². The molecular weight excluding hydrogens is 262 g/mol. The van der Waals surface area contributed by atoms with Crippen LogP contribution < -0.4 is 5.32 Å². The number of nitrogens with one attached hydrogen (secondary N) is 1. The molecule has 20 heavy (non-hydrogen) atoms. The lowest BCUT2D eigenvalue weighted by molar-refractivity contribution is -0.136. The number of amides is 3. The Bertz CT molecular complexity index is 403. The lowest BCUT2D eigenvalue weighted by Crippen LogP contribution is -2.44. The van der Waals surface area contributed by atoms with E-state index in [0.29, 0.717) is 19.5 Å². The van der Waals surface area contributed by atoms with Crippen molar-refractivity contribution in [2.24, 2.45) is 5.92 Å². The van der Waals surface area contributed by atoms with Crippen LogP contribution in [0.25, 0.3) is 0 Å². The van der Waals surface area contributed by atoms with Gasteiger partial charge in [-0.1, -0.05) is 0 Å². The van der Waals surface area contributed by atoms with Gasteiger partial charge in [-0.15, -0.1) is 0 Å². The van der Waals surface area contributed by atoms with Crippen LogP contribution in [0.2, 0.25) is 0 Å². The predicted molar refractivity (Wildman–Crippen MR) is 73.2 cm³/mol. The smallest absolute Gasteiger partial charge is 0.323 e. The highest BCUT2D eigenvalue weighted by molar-refractivity contribution is 5.81. The van der Waals surface area contributed by atoms with Crippen molar-refractivity contribution >= 4 is 17.9 Å². The zero-order chi connectivity index (χ0) is 15.5. The second-order valence-electron chi connectivity index (χ2n) is 6.18. The molecule has 1 aliphatic heterocycles. The SMILES string of the molecule is CN(CC1CC(=O)N(C(C)(C)C)C1)C(=O)NCC(=O)O. The molecule has 0 aromatic heterocycles. The maximum absolute atomic E-state index is 11.9. The molecular formula is C13H23N3O4. The van der Waals surface area contributed by atoms with Crippen LogP contribution in [0.3, 0.4) is 0 Å². The quantitative estimate of drug-likeness (QED) is 0.780. The summed E-state index contributed by atoms with van der Waals surface area (Å²) in [6, 6.07) is -0.436. The van der Waals surface area contributed by atoms with Crippen LogP contribution in [-0.4, -0.2) is 65.0 Å². The van der Waals surface area contributed by atoms with Gasteiger partial charge in [-0.3, -0.25) is 9.59 Å². The molecule has 1 fully saturated rings. The van der Waals surface area contributed by atoms with E-state index in [9.17, 15) is 14.4 Å². The molecule has 0 aromatic carbocycles. The van der Waals surface area contributed by atoms with E-state index in [1.165, 1.54) is 4.90 Å². The van der Waals surface area contributed by atoms with Gasteiger partial charge in [-0.25, -0.2) is 4.79 Å². The second kappa shape index (κ2) is 6.11. The number of nitrogens with zero attached hydrogens (tertiary/aromatic N) is 2. The molecule has 7 nitrogen and oxygen atoms in total. The van der Waals surface area contributed by atoms with Crippen molar-refractivity contribution in [3.05, 3.63) is 0 Å². The Morgan fingerprint density at radius 1 is 1.45 bits per heavy atom. The molecule has 0 aliphatic carbocycles. The van der Waals surface area contributed by atoms with Crippen LogP contribution in [0.1, 0.15) is 27.2 Å². The van der Waals surface area contributed by atoms with Crippen molar-refractivity contribution in [2.75, 3.05) is 26.7 Å². The van der Waals surface area contributed by atoms with Crippen molar-refractivity contribution in [3.8, 4) is 0 Å². The highest BCUT2D eigenvalue weighted by atomic mass is 16.4. The maximum Gasteiger partial charge on any atom is 0.323 e. The number of hydrogen-bond acceptors (Lipinski definition) is 3. The van der Waals surface area contributed by atoms with E-state index in [4.69, 9.17) is 5.11 Å². The zero-order valence-corrected chi connectivity index (χ0v) is 12.5. The van der Waals surface area contributed by atoms with Gasteiger partial charge in [-0.05, 0) is 20.8 Å². The van der Waals surface area contributed by atoms with E-state index >= 15 is 0 Å². The Hall–Kier alpha value is -1.79. The minimum Gasteiger partial charge on any atom is -0.480 e. The molecule has 0 spiro atoms. The first kappa shape index (κ1) is 16.3. The van der Waals surface area contributed by atoms with E-state index in [1.807, 2.05) is 25.7 Å². The highest BCUT2D eigenvalue weighted by Crippen LogP contribution is 2.26. The fourth-order valence-electron chi connectivity index (χ4n) is 2.31. The summed E-state index contributed by atoms with van der Waals surface area (Å²) in [5.41, 5.74) is -0.212. The monoisotopic (exact) mass is 285 g/mol. The van der Waals surface area contributed by atoms with Crippen molar-refractivity contribution in [1.29, 1.82) is 0 Å². The third kappa shape index (κ3) is 4.40. The molecule has 1 atom stereocenters. The van der Waals surface area contributed by atoms with Crippen LogP contribution in [0, 0.1) is 5.92 Å². The third-order valence-electron chi connectivity index (χ3n) is 3.28. The summed E-state index contributed by atoms with van der Waals surface area (Å²) >= 11 is 0. The van der Waals surface area contributed by atoms with Crippen molar-refractivity contribution in [2.45, 2.75) is 32.7 Å². The predicted octanol–water partition coefficient (Wildman–Crippen LogP) is 0.359. The molecule has 114 valence electrons. The number of carbonyl (C=O) groups excluding carboxylic acids is 2. The zero-order valence-electron chi connectivity index (χ0n) is 12.5. The average molecular weight is 285 g/mol. The summed E-state index contributed by atoms with van der Waals surface area (Å²) in [5, 5.41) is 10.8. The fourth-order valence-corrected chi connectivity index (χ4v) is 2.31. The summed E-state index contributed by atoms with van der Waals surface area (Å²) < 4.78 is 0. The third-order valence-corrected chi connectivity index (χ3v) is 3.28. The van der Waals surface area contributed by atoms with Gasteiger partial charge in [0.15, 0.2) is 0 Å². The number of hydrogen-bond donors (Lipinski definition) is 2. The van der Waals surface area contributed by atoms with E-state index in [1.54, 1.807) is 7.05 Å². The van der Waals surface area contributed by atoms with E-state index in [-0.39, 0.29) is 17.4 Å². The molecule has 0 radical (unpaired) electrons. The number of carbonyl (C=O) groups is 3. The van der Waals surface area contributed by atoms with Crippen LogP contribution >= 0.6 is 0 Å². The van der Waals surface area contributed by atoms with Crippen LogP contribution in [0.15, 0.2) is 0 Å². The van der Waals surface area contributed by atoms with E-state index < -0.39 is 18.5 Å².